The van der Waals surface area contributed by atoms with Gasteiger partial charge in [-0.05, 0) is 61.4 Å². The van der Waals surface area contributed by atoms with E-state index in [1.54, 1.807) is 0 Å². The Kier molecular flexibility index (Phi) is 6.58. The lowest BCUT2D eigenvalue weighted by Gasteiger charge is -2.38. The number of esters is 1. The van der Waals surface area contributed by atoms with Crippen LogP contribution in [0.4, 0.5) is 0 Å². The molecule has 0 fully saturated rings. The first-order valence-electron chi connectivity index (χ1n) is 11.7. The average Bonchev–Trinajstić information content (AvgIpc) is 3.09. The van der Waals surface area contributed by atoms with Gasteiger partial charge < -0.3 is 9.84 Å². The number of carboxylic acids is 1. The van der Waals surface area contributed by atoms with Gasteiger partial charge in [-0.2, -0.15) is 0 Å². The van der Waals surface area contributed by atoms with E-state index in [1.807, 2.05) is 63.2 Å². The fourth-order valence-electron chi connectivity index (χ4n) is 4.81. The first-order chi connectivity index (χ1) is 16.2. The van der Waals surface area contributed by atoms with Crippen LogP contribution in [0.1, 0.15) is 56.7 Å². The Balaban J connectivity index is 1.86. The quantitative estimate of drug-likeness (QED) is 0.436. The van der Waals surface area contributed by atoms with Crippen LogP contribution >= 0.6 is 0 Å². The maximum absolute atomic E-state index is 13.4. The number of aliphatic carboxylic acids is 1. The van der Waals surface area contributed by atoms with Gasteiger partial charge in [-0.1, -0.05) is 78.9 Å². The van der Waals surface area contributed by atoms with Crippen molar-refractivity contribution in [3.63, 3.8) is 0 Å². The molecule has 0 aromatic heterocycles. The lowest BCUT2D eigenvalue weighted by Crippen LogP contribution is -2.53. The zero-order valence-corrected chi connectivity index (χ0v) is 19.9. The maximum Gasteiger partial charge on any atom is 0.323 e. The summed E-state index contributed by atoms with van der Waals surface area (Å²) in [5, 5.41) is 12.9. The van der Waals surface area contributed by atoms with E-state index in [4.69, 9.17) is 4.74 Å². The number of benzene rings is 3. The number of ether oxygens (including phenoxy) is 1. The molecule has 0 saturated heterocycles. The van der Waals surface area contributed by atoms with Crippen LogP contribution in [0.25, 0.3) is 11.1 Å². The molecule has 1 aliphatic rings. The Labute approximate surface area is 200 Å². The summed E-state index contributed by atoms with van der Waals surface area (Å²) in [7, 11) is 0. The third-order valence-electron chi connectivity index (χ3n) is 6.12. The molecule has 2 N–H and O–H groups in total. The van der Waals surface area contributed by atoms with Crippen molar-refractivity contribution in [2.45, 2.75) is 57.2 Å². The molecule has 5 heteroatoms. The number of rotatable bonds is 8. The maximum atomic E-state index is 13.4. The highest BCUT2D eigenvalue weighted by molar-refractivity contribution is 5.84. The third kappa shape index (κ3) is 4.62. The lowest BCUT2D eigenvalue weighted by molar-refractivity contribution is -0.158. The second kappa shape index (κ2) is 9.43. The van der Waals surface area contributed by atoms with Gasteiger partial charge in [0.15, 0.2) is 0 Å². The second-order valence-electron chi connectivity index (χ2n) is 9.72. The van der Waals surface area contributed by atoms with Gasteiger partial charge in [0, 0.05) is 6.42 Å². The molecule has 0 spiro atoms. The molecular weight excluding hydrogens is 426 g/mol. The summed E-state index contributed by atoms with van der Waals surface area (Å²) in [6.07, 6.45) is 0.701. The first kappa shape index (κ1) is 23.7. The smallest absolute Gasteiger partial charge is 0.323 e. The van der Waals surface area contributed by atoms with Crippen LogP contribution in [-0.4, -0.2) is 28.7 Å². The van der Waals surface area contributed by atoms with E-state index in [-0.39, 0.29) is 12.4 Å². The fourth-order valence-corrected chi connectivity index (χ4v) is 4.81. The van der Waals surface area contributed by atoms with Gasteiger partial charge in [0.25, 0.3) is 0 Å². The Hall–Kier alpha value is -3.44. The van der Waals surface area contributed by atoms with Crippen LogP contribution in [-0.2, 0) is 19.9 Å². The minimum Gasteiger partial charge on any atom is -0.481 e. The van der Waals surface area contributed by atoms with E-state index < -0.39 is 23.2 Å². The highest BCUT2D eigenvalue weighted by Crippen LogP contribution is 2.51. The number of carbonyl (C=O) groups is 2. The summed E-state index contributed by atoms with van der Waals surface area (Å²) in [5.41, 5.74) is 3.93. The zero-order valence-electron chi connectivity index (χ0n) is 19.9. The van der Waals surface area contributed by atoms with E-state index in [1.165, 1.54) is 0 Å². The van der Waals surface area contributed by atoms with Crippen LogP contribution in [0.3, 0.4) is 0 Å². The van der Waals surface area contributed by atoms with E-state index in [9.17, 15) is 14.7 Å². The van der Waals surface area contributed by atoms with Crippen molar-refractivity contribution in [2.75, 3.05) is 0 Å². The zero-order chi connectivity index (χ0) is 24.3. The van der Waals surface area contributed by atoms with Gasteiger partial charge in [0.05, 0.1) is 5.54 Å². The Morgan fingerprint density at radius 3 is 1.94 bits per heavy atom. The van der Waals surface area contributed by atoms with Crippen molar-refractivity contribution in [3.8, 4) is 11.1 Å². The number of nitrogens with one attached hydrogen (secondary N) is 1. The van der Waals surface area contributed by atoms with Crippen molar-refractivity contribution in [1.82, 2.24) is 5.32 Å². The third-order valence-corrected chi connectivity index (χ3v) is 6.12. The molecule has 0 aliphatic heterocycles. The summed E-state index contributed by atoms with van der Waals surface area (Å²) in [6.45, 7) is 5.52. The molecule has 0 heterocycles. The largest absolute Gasteiger partial charge is 0.481 e. The molecule has 34 heavy (non-hydrogen) atoms. The van der Waals surface area contributed by atoms with Crippen LogP contribution in [0, 0.1) is 0 Å². The summed E-state index contributed by atoms with van der Waals surface area (Å²) < 4.78 is 5.78. The molecule has 5 nitrogen and oxygen atoms in total. The summed E-state index contributed by atoms with van der Waals surface area (Å²) in [6, 6.07) is 25.9. The fraction of sp³-hybridized carbons (Fsp3) is 0.310. The second-order valence-corrected chi connectivity index (χ2v) is 9.72. The van der Waals surface area contributed by atoms with E-state index >= 15 is 0 Å². The van der Waals surface area contributed by atoms with Gasteiger partial charge in [0.1, 0.15) is 11.6 Å². The molecule has 1 atom stereocenters. The van der Waals surface area contributed by atoms with Crippen LogP contribution in [0.15, 0.2) is 78.9 Å². The standard InChI is InChI=1S/C29H31NO4/c1-28(2,3)34-27(33)25(18-11-19-26(31)32)30-29(20-12-5-4-6-13-20)23-16-9-7-14-21(23)22-15-8-10-17-24(22)29/h4-10,12-17,25,30H,11,18-19H2,1-3H3,(H,31,32)/t25-/m0/s1. The molecule has 0 radical (unpaired) electrons. The molecule has 0 saturated carbocycles. The van der Waals surface area contributed by atoms with Crippen LogP contribution < -0.4 is 5.32 Å². The van der Waals surface area contributed by atoms with Gasteiger partial charge in [-0.15, -0.1) is 0 Å². The van der Waals surface area contributed by atoms with Crippen molar-refractivity contribution in [1.29, 1.82) is 0 Å². The molecule has 0 amide bonds. The van der Waals surface area contributed by atoms with E-state index in [0.29, 0.717) is 12.8 Å². The van der Waals surface area contributed by atoms with Gasteiger partial charge >= 0.3 is 11.9 Å². The molecule has 176 valence electrons. The number of hydrogen-bond acceptors (Lipinski definition) is 4. The SMILES string of the molecule is CC(C)(C)OC(=O)[C@H](CCCC(=O)O)NC1(c2ccccc2)c2ccccc2-c2ccccc21. The van der Waals surface area contributed by atoms with Crippen molar-refractivity contribution in [2.24, 2.45) is 0 Å². The molecule has 4 rings (SSSR count). The van der Waals surface area contributed by atoms with Crippen molar-refractivity contribution >= 4 is 11.9 Å². The predicted octanol–water partition coefficient (Wildman–Crippen LogP) is 5.51. The normalized spacial score (nSPS) is 14.7. The number of hydrogen-bond donors (Lipinski definition) is 2. The molecule has 3 aromatic carbocycles. The average molecular weight is 458 g/mol. The number of fused-ring (bicyclic) bond motifs is 3. The molecule has 1 aliphatic carbocycles. The monoisotopic (exact) mass is 457 g/mol. The van der Waals surface area contributed by atoms with Gasteiger partial charge in [0.2, 0.25) is 0 Å². The first-order valence-corrected chi connectivity index (χ1v) is 11.7. The Morgan fingerprint density at radius 2 is 1.41 bits per heavy atom. The van der Waals surface area contributed by atoms with Gasteiger partial charge in [-0.3, -0.25) is 14.9 Å². The number of carboxylic acid groups (broad SMARTS) is 1. The van der Waals surface area contributed by atoms with E-state index in [0.717, 1.165) is 27.8 Å². The molecular formula is C29H31NO4. The summed E-state index contributed by atoms with van der Waals surface area (Å²) >= 11 is 0. The van der Waals surface area contributed by atoms with Crippen molar-refractivity contribution in [3.05, 3.63) is 95.6 Å². The predicted molar refractivity (Wildman–Crippen MR) is 132 cm³/mol. The minimum atomic E-state index is -0.878. The Morgan fingerprint density at radius 1 is 0.882 bits per heavy atom. The van der Waals surface area contributed by atoms with Crippen molar-refractivity contribution < 1.29 is 19.4 Å². The lowest BCUT2D eigenvalue weighted by atomic mass is 9.79. The minimum absolute atomic E-state index is 0.00745. The summed E-state index contributed by atoms with van der Waals surface area (Å²) in [4.78, 5) is 24.6. The van der Waals surface area contributed by atoms with Gasteiger partial charge in [-0.25, -0.2) is 0 Å². The molecule has 0 unspecified atom stereocenters. The number of carbonyl (C=O) groups excluding carboxylic acids is 1. The Bertz CT molecular complexity index is 1130. The van der Waals surface area contributed by atoms with E-state index in [2.05, 4.69) is 41.7 Å². The topological polar surface area (TPSA) is 75.6 Å². The molecule has 0 bridgehead atoms. The highest BCUT2D eigenvalue weighted by atomic mass is 16.6. The highest BCUT2D eigenvalue weighted by Gasteiger charge is 2.46. The summed E-state index contributed by atoms with van der Waals surface area (Å²) in [5.74, 6) is -1.26. The van der Waals surface area contributed by atoms with Crippen LogP contribution in [0.2, 0.25) is 0 Å². The molecule has 3 aromatic rings. The van der Waals surface area contributed by atoms with Crippen LogP contribution in [0.5, 0.6) is 0 Å².